The van der Waals surface area contributed by atoms with Crippen LogP contribution >= 0.6 is 0 Å². The lowest BCUT2D eigenvalue weighted by Crippen LogP contribution is -2.50. The second kappa shape index (κ2) is 9.55. The summed E-state index contributed by atoms with van der Waals surface area (Å²) in [5.41, 5.74) is 1.31. The summed E-state index contributed by atoms with van der Waals surface area (Å²) >= 11 is 0. The third-order valence-electron chi connectivity index (χ3n) is 6.19. The minimum atomic E-state index is 0.353. The Bertz CT molecular complexity index is 728. The van der Waals surface area contributed by atoms with Gasteiger partial charge in [-0.2, -0.15) is 0 Å². The second-order valence-corrected chi connectivity index (χ2v) is 8.26. The highest BCUT2D eigenvalue weighted by atomic mass is 16.5. The van der Waals surface area contributed by atoms with E-state index in [9.17, 15) is 5.11 Å². The van der Waals surface area contributed by atoms with Crippen LogP contribution < -0.4 is 4.74 Å². The van der Waals surface area contributed by atoms with E-state index in [0.717, 1.165) is 50.5 Å². The Morgan fingerprint density at radius 3 is 2.46 bits per heavy atom. The molecule has 2 aliphatic rings. The predicted octanol–water partition coefficient (Wildman–Crippen LogP) is 4.15. The molecular weight excluding hydrogens is 348 g/mol. The van der Waals surface area contributed by atoms with Gasteiger partial charge in [0.05, 0.1) is 0 Å². The van der Waals surface area contributed by atoms with Crippen molar-refractivity contribution in [2.45, 2.75) is 38.3 Å². The van der Waals surface area contributed by atoms with Crippen molar-refractivity contribution < 1.29 is 9.84 Å². The Kier molecular flexibility index (Phi) is 6.63. The molecule has 150 valence electrons. The van der Waals surface area contributed by atoms with E-state index in [0.29, 0.717) is 18.6 Å². The van der Waals surface area contributed by atoms with Crippen LogP contribution in [0.15, 0.2) is 54.6 Å². The number of aliphatic hydroxyl groups excluding tert-OH is 1. The van der Waals surface area contributed by atoms with Crippen LogP contribution in [0.25, 0.3) is 0 Å². The Morgan fingerprint density at radius 1 is 0.893 bits per heavy atom. The number of hydrogen-bond acceptors (Lipinski definition) is 4. The highest BCUT2D eigenvalue weighted by Gasteiger charge is 2.28. The number of piperidine rings is 2. The van der Waals surface area contributed by atoms with Crippen molar-refractivity contribution in [3.8, 4) is 11.5 Å². The zero-order valence-electron chi connectivity index (χ0n) is 16.7. The molecule has 0 bridgehead atoms. The summed E-state index contributed by atoms with van der Waals surface area (Å²) in [6.07, 6.45) is 4.86. The number of nitrogens with zero attached hydrogens (tertiary/aromatic N) is 2. The van der Waals surface area contributed by atoms with Crippen LogP contribution in [0.5, 0.6) is 11.5 Å². The maximum atomic E-state index is 9.37. The Morgan fingerprint density at radius 2 is 1.68 bits per heavy atom. The lowest BCUT2D eigenvalue weighted by Gasteiger charge is -2.42. The maximum absolute atomic E-state index is 9.37. The number of likely N-dealkylation sites (tertiary alicyclic amines) is 2. The van der Waals surface area contributed by atoms with Gasteiger partial charge >= 0.3 is 0 Å². The molecule has 2 heterocycles. The van der Waals surface area contributed by atoms with Crippen LogP contribution in [0.3, 0.4) is 0 Å². The van der Waals surface area contributed by atoms with E-state index in [-0.39, 0.29) is 0 Å². The summed E-state index contributed by atoms with van der Waals surface area (Å²) in [7, 11) is 0. The highest BCUT2D eigenvalue weighted by Crippen LogP contribution is 2.26. The highest BCUT2D eigenvalue weighted by molar-refractivity contribution is 5.33. The molecule has 0 radical (unpaired) electrons. The molecule has 0 saturated carbocycles. The van der Waals surface area contributed by atoms with Crippen LogP contribution in [-0.4, -0.2) is 53.7 Å². The monoisotopic (exact) mass is 380 g/mol. The van der Waals surface area contributed by atoms with E-state index in [4.69, 9.17) is 4.74 Å². The Labute approximate surface area is 168 Å². The van der Waals surface area contributed by atoms with Crippen LogP contribution in [0.1, 0.15) is 31.2 Å². The van der Waals surface area contributed by atoms with Gasteiger partial charge in [0.1, 0.15) is 11.5 Å². The minimum absolute atomic E-state index is 0.353. The molecule has 0 spiro atoms. The molecule has 1 N–H and O–H groups in total. The molecule has 2 aromatic rings. The summed E-state index contributed by atoms with van der Waals surface area (Å²) in [5, 5.41) is 9.37. The van der Waals surface area contributed by atoms with Crippen molar-refractivity contribution in [1.29, 1.82) is 0 Å². The van der Waals surface area contributed by atoms with Crippen molar-refractivity contribution >= 4 is 0 Å². The number of ether oxygens (including phenoxy) is 1. The first-order valence-corrected chi connectivity index (χ1v) is 10.7. The van der Waals surface area contributed by atoms with Crippen molar-refractivity contribution in [1.82, 2.24) is 9.80 Å². The van der Waals surface area contributed by atoms with E-state index in [1.54, 1.807) is 0 Å². The van der Waals surface area contributed by atoms with E-state index >= 15 is 0 Å². The molecule has 2 aliphatic heterocycles. The van der Waals surface area contributed by atoms with E-state index in [1.165, 1.54) is 24.9 Å². The number of benzene rings is 2. The molecule has 0 aliphatic carbocycles. The van der Waals surface area contributed by atoms with E-state index in [1.807, 2.05) is 36.4 Å². The summed E-state index contributed by atoms with van der Waals surface area (Å²) in [5.74, 6) is 2.30. The van der Waals surface area contributed by atoms with Gasteiger partial charge in [-0.1, -0.05) is 30.3 Å². The molecule has 0 unspecified atom stereocenters. The first-order valence-electron chi connectivity index (χ1n) is 10.7. The van der Waals surface area contributed by atoms with Gasteiger partial charge in [-0.15, -0.1) is 0 Å². The first-order chi connectivity index (χ1) is 13.8. The van der Waals surface area contributed by atoms with Gasteiger partial charge < -0.3 is 9.84 Å². The fraction of sp³-hybridized carbons (Fsp3) is 0.500. The van der Waals surface area contributed by atoms with Crippen molar-refractivity contribution in [3.63, 3.8) is 0 Å². The molecule has 2 aromatic carbocycles. The van der Waals surface area contributed by atoms with Gasteiger partial charge in [0, 0.05) is 25.7 Å². The predicted molar refractivity (Wildman–Crippen MR) is 113 cm³/mol. The number of aliphatic hydroxyl groups is 1. The molecule has 0 amide bonds. The van der Waals surface area contributed by atoms with Crippen molar-refractivity contribution in [2.24, 2.45) is 5.92 Å². The normalized spacial score (nSPS) is 22.2. The van der Waals surface area contributed by atoms with E-state index < -0.39 is 0 Å². The molecule has 4 heteroatoms. The number of hydrogen-bond donors (Lipinski definition) is 1. The zero-order chi connectivity index (χ0) is 19.2. The minimum Gasteiger partial charge on any atom is -0.457 e. The summed E-state index contributed by atoms with van der Waals surface area (Å²) in [4.78, 5) is 5.25. The van der Waals surface area contributed by atoms with Crippen LogP contribution in [0.2, 0.25) is 0 Å². The number of rotatable bonds is 6. The molecule has 2 fully saturated rings. The lowest BCUT2D eigenvalue weighted by molar-refractivity contribution is 0.0544. The fourth-order valence-electron chi connectivity index (χ4n) is 4.56. The molecule has 2 saturated heterocycles. The number of para-hydroxylation sites is 1. The van der Waals surface area contributed by atoms with Crippen LogP contribution in [0, 0.1) is 5.92 Å². The van der Waals surface area contributed by atoms with Gasteiger partial charge in [0.15, 0.2) is 0 Å². The third kappa shape index (κ3) is 5.13. The quantitative estimate of drug-likeness (QED) is 0.817. The fourth-order valence-corrected chi connectivity index (χ4v) is 4.56. The zero-order valence-corrected chi connectivity index (χ0v) is 16.7. The van der Waals surface area contributed by atoms with Gasteiger partial charge in [0.2, 0.25) is 0 Å². The average molecular weight is 381 g/mol. The van der Waals surface area contributed by atoms with Gasteiger partial charge in [0.25, 0.3) is 0 Å². The first kappa shape index (κ1) is 19.4. The van der Waals surface area contributed by atoms with Crippen LogP contribution in [-0.2, 0) is 6.54 Å². The molecule has 28 heavy (non-hydrogen) atoms. The lowest BCUT2D eigenvalue weighted by atomic mass is 9.94. The SMILES string of the molecule is OCC1CCN([C@H]2CCCN(Cc3cccc(Oc4ccccc4)c3)C2)CC1. The Balaban J connectivity index is 1.33. The smallest absolute Gasteiger partial charge is 0.127 e. The van der Waals surface area contributed by atoms with Crippen molar-refractivity contribution in [2.75, 3.05) is 32.8 Å². The summed E-state index contributed by atoms with van der Waals surface area (Å²) in [6, 6.07) is 19.1. The maximum Gasteiger partial charge on any atom is 0.127 e. The Hall–Kier alpha value is -1.88. The molecule has 4 nitrogen and oxygen atoms in total. The average Bonchev–Trinajstić information content (AvgIpc) is 2.75. The largest absolute Gasteiger partial charge is 0.457 e. The van der Waals surface area contributed by atoms with Gasteiger partial charge in [-0.3, -0.25) is 9.80 Å². The summed E-state index contributed by atoms with van der Waals surface area (Å²) in [6.45, 7) is 5.94. The van der Waals surface area contributed by atoms with Crippen molar-refractivity contribution in [3.05, 3.63) is 60.2 Å². The molecule has 0 aromatic heterocycles. The summed E-state index contributed by atoms with van der Waals surface area (Å²) < 4.78 is 6.00. The second-order valence-electron chi connectivity index (χ2n) is 8.26. The van der Waals surface area contributed by atoms with E-state index in [2.05, 4.69) is 28.0 Å². The van der Waals surface area contributed by atoms with Crippen LogP contribution in [0.4, 0.5) is 0 Å². The standard InChI is InChI=1S/C24H32N2O2/c27-19-20-11-14-26(15-12-20)22-7-5-13-25(18-22)17-21-6-4-10-24(16-21)28-23-8-2-1-3-9-23/h1-4,6,8-10,16,20,22,27H,5,7,11-15,17-19H2/t22-/m0/s1. The molecule has 1 atom stereocenters. The topological polar surface area (TPSA) is 35.9 Å². The molecule has 4 rings (SSSR count). The van der Waals surface area contributed by atoms with Gasteiger partial charge in [-0.25, -0.2) is 0 Å². The van der Waals surface area contributed by atoms with Gasteiger partial charge in [-0.05, 0) is 81.1 Å². The molecular formula is C24H32N2O2. The third-order valence-corrected chi connectivity index (χ3v) is 6.19.